The standard InChI is InChI=1S/C26H24ClNO3/c1-30-26(29)23-14-18(10-12-24(23)28)20-8-5-9-21(20)22-15-19(27)11-13-25(22)31-16-17-6-3-2-4-7-17/h2-4,6-7,10-15H,5,8-9,16,28H2,1H3. The smallest absolute Gasteiger partial charge is 0.339 e. The number of allylic oxidation sites excluding steroid dienone is 2. The summed E-state index contributed by atoms with van der Waals surface area (Å²) in [5.41, 5.74) is 12.2. The van der Waals surface area contributed by atoms with Crippen LogP contribution in [-0.4, -0.2) is 13.1 Å². The van der Waals surface area contributed by atoms with Gasteiger partial charge in [-0.1, -0.05) is 48.0 Å². The molecule has 0 heterocycles. The van der Waals surface area contributed by atoms with Crippen LogP contribution < -0.4 is 10.5 Å². The number of benzene rings is 3. The van der Waals surface area contributed by atoms with E-state index in [4.69, 9.17) is 26.8 Å². The van der Waals surface area contributed by atoms with Crippen LogP contribution in [0.15, 0.2) is 66.7 Å². The molecule has 0 bridgehead atoms. The Bertz CT molecular complexity index is 1140. The van der Waals surface area contributed by atoms with Crippen LogP contribution in [0.4, 0.5) is 5.69 Å². The van der Waals surface area contributed by atoms with Gasteiger partial charge in [0.05, 0.1) is 12.7 Å². The average molecular weight is 434 g/mol. The van der Waals surface area contributed by atoms with E-state index in [0.29, 0.717) is 22.9 Å². The molecule has 4 rings (SSSR count). The van der Waals surface area contributed by atoms with Crippen molar-refractivity contribution in [2.45, 2.75) is 25.9 Å². The lowest BCUT2D eigenvalue weighted by molar-refractivity contribution is 0.0602. The highest BCUT2D eigenvalue weighted by Crippen LogP contribution is 2.44. The number of anilines is 1. The van der Waals surface area contributed by atoms with E-state index in [1.807, 2.05) is 60.7 Å². The minimum absolute atomic E-state index is 0.380. The number of rotatable bonds is 6. The van der Waals surface area contributed by atoms with Crippen molar-refractivity contribution in [3.63, 3.8) is 0 Å². The van der Waals surface area contributed by atoms with Crippen LogP contribution in [0.2, 0.25) is 5.02 Å². The lowest BCUT2D eigenvalue weighted by atomic mass is 9.95. The molecule has 0 spiro atoms. The first-order chi connectivity index (χ1) is 15.1. The minimum atomic E-state index is -0.436. The van der Waals surface area contributed by atoms with Crippen LogP contribution >= 0.6 is 11.6 Å². The quantitative estimate of drug-likeness (QED) is 0.361. The monoisotopic (exact) mass is 433 g/mol. The summed E-state index contributed by atoms with van der Waals surface area (Å²) in [6, 6.07) is 21.3. The van der Waals surface area contributed by atoms with Crippen molar-refractivity contribution >= 4 is 34.4 Å². The van der Waals surface area contributed by atoms with Gasteiger partial charge >= 0.3 is 5.97 Å². The van der Waals surface area contributed by atoms with Gasteiger partial charge in [-0.3, -0.25) is 0 Å². The number of nitrogens with two attached hydrogens (primary N) is 1. The first-order valence-corrected chi connectivity index (χ1v) is 10.6. The predicted molar refractivity (Wildman–Crippen MR) is 125 cm³/mol. The highest BCUT2D eigenvalue weighted by molar-refractivity contribution is 6.30. The molecule has 0 unspecified atom stereocenters. The summed E-state index contributed by atoms with van der Waals surface area (Å²) in [5.74, 6) is 0.362. The van der Waals surface area contributed by atoms with Crippen LogP contribution in [0.5, 0.6) is 5.75 Å². The van der Waals surface area contributed by atoms with E-state index in [9.17, 15) is 4.79 Å². The summed E-state index contributed by atoms with van der Waals surface area (Å²) < 4.78 is 11.1. The third-order valence-electron chi connectivity index (χ3n) is 5.53. The van der Waals surface area contributed by atoms with Gasteiger partial charge in [0.2, 0.25) is 0 Å². The Kier molecular flexibility index (Phi) is 6.28. The maximum absolute atomic E-state index is 12.1. The number of esters is 1. The zero-order valence-corrected chi connectivity index (χ0v) is 18.1. The largest absolute Gasteiger partial charge is 0.488 e. The topological polar surface area (TPSA) is 61.5 Å². The van der Waals surface area contributed by atoms with Gasteiger partial charge in [0.15, 0.2) is 0 Å². The molecule has 0 saturated carbocycles. The Hall–Kier alpha value is -3.24. The number of halogens is 1. The predicted octanol–water partition coefficient (Wildman–Crippen LogP) is 6.38. The molecule has 0 aromatic heterocycles. The highest BCUT2D eigenvalue weighted by Gasteiger charge is 2.22. The lowest BCUT2D eigenvalue weighted by Gasteiger charge is -2.16. The van der Waals surface area contributed by atoms with E-state index in [-0.39, 0.29) is 0 Å². The second-order valence-corrected chi connectivity index (χ2v) is 7.96. The van der Waals surface area contributed by atoms with Crippen LogP contribution in [0.3, 0.4) is 0 Å². The number of ether oxygens (including phenoxy) is 2. The number of hydrogen-bond donors (Lipinski definition) is 1. The normalized spacial score (nSPS) is 13.4. The molecule has 0 amide bonds. The number of carbonyl (C=O) groups is 1. The van der Waals surface area contributed by atoms with Gasteiger partial charge in [-0.25, -0.2) is 4.79 Å². The van der Waals surface area contributed by atoms with Gasteiger partial charge in [0.1, 0.15) is 12.4 Å². The van der Waals surface area contributed by atoms with E-state index in [0.717, 1.165) is 41.7 Å². The summed E-state index contributed by atoms with van der Waals surface area (Å²) in [7, 11) is 1.36. The summed E-state index contributed by atoms with van der Waals surface area (Å²) in [5, 5.41) is 0.661. The molecule has 1 aliphatic rings. The molecule has 0 fully saturated rings. The Morgan fingerprint density at radius 1 is 1.00 bits per heavy atom. The molecule has 0 atom stereocenters. The van der Waals surface area contributed by atoms with E-state index in [1.54, 1.807) is 6.07 Å². The van der Waals surface area contributed by atoms with E-state index in [2.05, 4.69) is 0 Å². The van der Waals surface area contributed by atoms with Gasteiger partial charge in [-0.2, -0.15) is 0 Å². The van der Waals surface area contributed by atoms with Crippen LogP contribution in [0, 0.1) is 0 Å². The van der Waals surface area contributed by atoms with Crippen molar-refractivity contribution in [1.82, 2.24) is 0 Å². The van der Waals surface area contributed by atoms with Crippen molar-refractivity contribution in [1.29, 1.82) is 0 Å². The molecule has 4 nitrogen and oxygen atoms in total. The van der Waals surface area contributed by atoms with Crippen molar-refractivity contribution in [3.05, 3.63) is 94.0 Å². The minimum Gasteiger partial charge on any atom is -0.488 e. The van der Waals surface area contributed by atoms with E-state index < -0.39 is 5.97 Å². The molecule has 0 radical (unpaired) electrons. The summed E-state index contributed by atoms with van der Waals surface area (Å²) in [6.07, 6.45) is 2.84. The third-order valence-corrected chi connectivity index (χ3v) is 5.76. The van der Waals surface area contributed by atoms with Gasteiger partial charge in [0, 0.05) is 16.3 Å². The van der Waals surface area contributed by atoms with Gasteiger partial charge in [0.25, 0.3) is 0 Å². The van der Waals surface area contributed by atoms with Crippen molar-refractivity contribution < 1.29 is 14.3 Å². The molecular formula is C26H24ClNO3. The Morgan fingerprint density at radius 3 is 2.55 bits per heavy atom. The van der Waals surface area contributed by atoms with Crippen LogP contribution in [0.1, 0.15) is 46.3 Å². The zero-order valence-electron chi connectivity index (χ0n) is 17.4. The second-order valence-electron chi connectivity index (χ2n) is 7.52. The van der Waals surface area contributed by atoms with Crippen molar-refractivity contribution in [2.24, 2.45) is 0 Å². The molecule has 5 heteroatoms. The van der Waals surface area contributed by atoms with Crippen molar-refractivity contribution in [2.75, 3.05) is 12.8 Å². The third kappa shape index (κ3) is 4.59. The first kappa shape index (κ1) is 21.0. The number of hydrogen-bond acceptors (Lipinski definition) is 4. The fourth-order valence-corrected chi connectivity index (χ4v) is 4.16. The molecule has 1 aliphatic carbocycles. The second kappa shape index (κ2) is 9.27. The lowest BCUT2D eigenvalue weighted by Crippen LogP contribution is -2.06. The maximum atomic E-state index is 12.1. The first-order valence-electron chi connectivity index (χ1n) is 10.2. The van der Waals surface area contributed by atoms with Gasteiger partial charge < -0.3 is 15.2 Å². The Morgan fingerprint density at radius 2 is 1.77 bits per heavy atom. The fourth-order valence-electron chi connectivity index (χ4n) is 3.99. The number of carbonyl (C=O) groups excluding carboxylic acids is 1. The van der Waals surface area contributed by atoms with E-state index >= 15 is 0 Å². The maximum Gasteiger partial charge on any atom is 0.339 e. The number of nitrogen functional groups attached to an aromatic ring is 1. The average Bonchev–Trinajstić information content (AvgIpc) is 3.28. The SMILES string of the molecule is COC(=O)c1cc(C2=C(c3cc(Cl)ccc3OCc3ccccc3)CCC2)ccc1N. The van der Waals surface area contributed by atoms with Gasteiger partial charge in [-0.05, 0) is 71.9 Å². The van der Waals surface area contributed by atoms with E-state index in [1.165, 1.54) is 18.3 Å². The molecular weight excluding hydrogens is 410 g/mol. The summed E-state index contributed by atoms with van der Waals surface area (Å²) in [6.45, 7) is 0.479. The molecule has 0 aliphatic heterocycles. The molecule has 3 aromatic carbocycles. The Balaban J connectivity index is 1.73. The summed E-state index contributed by atoms with van der Waals surface area (Å²) >= 11 is 6.36. The molecule has 158 valence electrons. The Labute approximate surface area is 187 Å². The van der Waals surface area contributed by atoms with Gasteiger partial charge in [-0.15, -0.1) is 0 Å². The highest BCUT2D eigenvalue weighted by atomic mass is 35.5. The summed E-state index contributed by atoms with van der Waals surface area (Å²) in [4.78, 5) is 12.1. The zero-order chi connectivity index (χ0) is 21.8. The van der Waals surface area contributed by atoms with Crippen LogP contribution in [0.25, 0.3) is 11.1 Å². The number of methoxy groups -OCH3 is 1. The van der Waals surface area contributed by atoms with Crippen LogP contribution in [-0.2, 0) is 11.3 Å². The molecule has 2 N–H and O–H groups in total. The van der Waals surface area contributed by atoms with Crippen molar-refractivity contribution in [3.8, 4) is 5.75 Å². The molecule has 3 aromatic rings. The fraction of sp³-hybridized carbons (Fsp3) is 0.192. The molecule has 31 heavy (non-hydrogen) atoms. The molecule has 0 saturated heterocycles.